The fourth-order valence-electron chi connectivity index (χ4n) is 6.27. The third kappa shape index (κ3) is 8.15. The fraction of sp³-hybridized carbons (Fsp3) is 0.366. The van der Waals surface area contributed by atoms with Crippen molar-refractivity contribution in [3.63, 3.8) is 0 Å². The predicted molar refractivity (Wildman–Crippen MR) is 187 cm³/mol. The Balaban J connectivity index is 1.13. The Morgan fingerprint density at radius 2 is 0.836 bits per heavy atom. The van der Waals surface area contributed by atoms with Crippen molar-refractivity contribution in [2.24, 2.45) is 10.8 Å². The molecule has 0 N–H and O–H groups in total. The van der Waals surface area contributed by atoms with Crippen LogP contribution in [0.4, 0.5) is 26.3 Å². The van der Waals surface area contributed by atoms with Crippen LogP contribution >= 0.6 is 0 Å². The molecule has 0 amide bonds. The van der Waals surface area contributed by atoms with Crippen LogP contribution in [0.1, 0.15) is 58.5 Å². The SMILES string of the molecule is CCC1(COc2ccc(C(=O)Oc3ccc(C(c4ccc(OC(=O)c5ccc(OCC6(CC)COC6)cc5)cc4)(C(F)(F)F)C(F)(F)F)cc3)cc2)COC1. The number of rotatable bonds is 14. The molecule has 55 heavy (non-hydrogen) atoms. The summed E-state index contributed by atoms with van der Waals surface area (Å²) in [6, 6.07) is 17.8. The average Bonchev–Trinajstić information content (AvgIpc) is 3.12. The summed E-state index contributed by atoms with van der Waals surface area (Å²) in [6.45, 7) is 7.29. The van der Waals surface area contributed by atoms with Gasteiger partial charge in [-0.25, -0.2) is 9.59 Å². The van der Waals surface area contributed by atoms with Crippen LogP contribution in [0.25, 0.3) is 0 Å². The second-order valence-corrected chi connectivity index (χ2v) is 13.9. The molecule has 0 aromatic heterocycles. The van der Waals surface area contributed by atoms with Gasteiger partial charge in [-0.2, -0.15) is 26.3 Å². The Labute approximate surface area is 313 Å². The van der Waals surface area contributed by atoms with Crippen LogP contribution in [0, 0.1) is 10.8 Å². The lowest BCUT2D eigenvalue weighted by Crippen LogP contribution is -2.54. The summed E-state index contributed by atoms with van der Waals surface area (Å²) < 4.78 is 121. The molecule has 4 aromatic carbocycles. The van der Waals surface area contributed by atoms with Crippen molar-refractivity contribution in [2.45, 2.75) is 44.5 Å². The van der Waals surface area contributed by atoms with Gasteiger partial charge in [0.1, 0.15) is 23.0 Å². The van der Waals surface area contributed by atoms with Crippen LogP contribution in [0.5, 0.6) is 23.0 Å². The van der Waals surface area contributed by atoms with Gasteiger partial charge in [-0.3, -0.25) is 0 Å². The lowest BCUT2D eigenvalue weighted by molar-refractivity contribution is -0.288. The summed E-state index contributed by atoms with van der Waals surface area (Å²) in [5.41, 5.74) is -6.78. The maximum atomic E-state index is 14.8. The minimum Gasteiger partial charge on any atom is -0.493 e. The van der Waals surface area contributed by atoms with E-state index in [4.69, 9.17) is 28.4 Å². The highest BCUT2D eigenvalue weighted by Gasteiger charge is 2.72. The molecule has 14 heteroatoms. The Morgan fingerprint density at radius 1 is 0.527 bits per heavy atom. The van der Waals surface area contributed by atoms with Gasteiger partial charge in [-0.05, 0) is 96.8 Å². The molecule has 8 nitrogen and oxygen atoms in total. The van der Waals surface area contributed by atoms with Gasteiger partial charge in [0.25, 0.3) is 0 Å². The van der Waals surface area contributed by atoms with Crippen LogP contribution in [0.3, 0.4) is 0 Å². The lowest BCUT2D eigenvalue weighted by Gasteiger charge is -2.40. The number of alkyl halides is 6. The number of esters is 2. The number of carbonyl (C=O) groups is 2. The Morgan fingerprint density at radius 3 is 1.09 bits per heavy atom. The van der Waals surface area contributed by atoms with Crippen molar-refractivity contribution in [1.29, 1.82) is 0 Å². The van der Waals surface area contributed by atoms with E-state index in [9.17, 15) is 35.9 Å². The first-order chi connectivity index (χ1) is 26.1. The molecular weight excluding hydrogens is 734 g/mol. The van der Waals surface area contributed by atoms with E-state index in [1.165, 1.54) is 24.3 Å². The first kappa shape index (κ1) is 39.6. The summed E-state index contributed by atoms with van der Waals surface area (Å²) in [6.07, 6.45) is -10.0. The molecule has 2 aliphatic rings. The standard InChI is InChI=1S/C41H38F6O8/c1-3-37(21-50-22-37)25-52-31-13-5-27(6-14-31)35(48)54-33-17-9-29(10-18-33)39(40(42,43)44,41(45,46)47)30-11-19-34(20-12-30)55-36(49)28-7-15-32(16-8-28)53-26-38(4-2)23-51-24-38/h5-20H,3-4,21-26H2,1-2H3. The van der Waals surface area contributed by atoms with Crippen molar-refractivity contribution < 1.29 is 64.4 Å². The maximum Gasteiger partial charge on any atom is 0.411 e. The van der Waals surface area contributed by atoms with Crippen LogP contribution < -0.4 is 18.9 Å². The maximum absolute atomic E-state index is 14.8. The van der Waals surface area contributed by atoms with Crippen LogP contribution in [0.15, 0.2) is 97.1 Å². The molecule has 0 radical (unpaired) electrons. The molecule has 0 bridgehead atoms. The monoisotopic (exact) mass is 772 g/mol. The normalized spacial score (nSPS) is 16.3. The summed E-state index contributed by atoms with van der Waals surface area (Å²) in [5.74, 6) is -1.32. The van der Waals surface area contributed by atoms with Crippen LogP contribution in [-0.2, 0) is 14.9 Å². The van der Waals surface area contributed by atoms with E-state index in [-0.39, 0.29) is 33.5 Å². The number of hydrogen-bond donors (Lipinski definition) is 0. The van der Waals surface area contributed by atoms with E-state index < -0.39 is 40.8 Å². The molecule has 292 valence electrons. The van der Waals surface area contributed by atoms with Gasteiger partial charge in [0.15, 0.2) is 0 Å². The predicted octanol–water partition coefficient (Wildman–Crippen LogP) is 9.15. The zero-order valence-corrected chi connectivity index (χ0v) is 29.9. The number of ether oxygens (including phenoxy) is 6. The van der Waals surface area contributed by atoms with Gasteiger partial charge in [0.2, 0.25) is 5.41 Å². The van der Waals surface area contributed by atoms with E-state index in [0.717, 1.165) is 37.1 Å². The highest BCUT2D eigenvalue weighted by Crippen LogP contribution is 2.56. The fourth-order valence-corrected chi connectivity index (χ4v) is 6.27. The number of hydrogen-bond acceptors (Lipinski definition) is 8. The highest BCUT2D eigenvalue weighted by atomic mass is 19.4. The molecule has 2 aliphatic heterocycles. The van der Waals surface area contributed by atoms with E-state index >= 15 is 0 Å². The minimum atomic E-state index is -5.87. The van der Waals surface area contributed by atoms with Crippen LogP contribution in [-0.4, -0.2) is 63.9 Å². The van der Waals surface area contributed by atoms with Gasteiger partial charge >= 0.3 is 24.3 Å². The van der Waals surface area contributed by atoms with Gasteiger partial charge in [0.05, 0.1) is 61.6 Å². The molecule has 0 unspecified atom stereocenters. The molecular formula is C41H38F6O8. The summed E-state index contributed by atoms with van der Waals surface area (Å²) in [5, 5.41) is 0. The van der Waals surface area contributed by atoms with Crippen molar-refractivity contribution in [2.75, 3.05) is 39.6 Å². The molecule has 6 rings (SSSR count). The molecule has 0 spiro atoms. The molecule has 2 saturated heterocycles. The van der Waals surface area contributed by atoms with Gasteiger partial charge in [-0.15, -0.1) is 0 Å². The van der Waals surface area contributed by atoms with Crippen LogP contribution in [0.2, 0.25) is 0 Å². The first-order valence-electron chi connectivity index (χ1n) is 17.5. The first-order valence-corrected chi connectivity index (χ1v) is 17.5. The second kappa shape index (κ2) is 15.6. The summed E-state index contributed by atoms with van der Waals surface area (Å²) in [7, 11) is 0. The number of carbonyl (C=O) groups excluding carboxylic acids is 2. The molecule has 2 fully saturated rings. The summed E-state index contributed by atoms with van der Waals surface area (Å²) >= 11 is 0. The van der Waals surface area contributed by atoms with E-state index in [0.29, 0.717) is 75.4 Å². The topological polar surface area (TPSA) is 89.5 Å². The molecule has 0 aliphatic carbocycles. The highest BCUT2D eigenvalue weighted by molar-refractivity contribution is 5.91. The van der Waals surface area contributed by atoms with Gasteiger partial charge < -0.3 is 28.4 Å². The zero-order chi connectivity index (χ0) is 39.5. The minimum absolute atomic E-state index is 0.0631. The van der Waals surface area contributed by atoms with Crippen molar-refractivity contribution in [3.8, 4) is 23.0 Å². The Kier molecular flexibility index (Phi) is 11.2. The molecule has 2 heterocycles. The zero-order valence-electron chi connectivity index (χ0n) is 29.9. The summed E-state index contributed by atoms with van der Waals surface area (Å²) in [4.78, 5) is 25.6. The second-order valence-electron chi connectivity index (χ2n) is 13.9. The van der Waals surface area contributed by atoms with Crippen molar-refractivity contribution >= 4 is 11.9 Å². The van der Waals surface area contributed by atoms with Crippen molar-refractivity contribution in [1.82, 2.24) is 0 Å². The number of halogens is 6. The van der Waals surface area contributed by atoms with E-state index in [1.807, 2.05) is 13.8 Å². The van der Waals surface area contributed by atoms with Crippen molar-refractivity contribution in [3.05, 3.63) is 119 Å². The molecule has 0 saturated carbocycles. The average molecular weight is 773 g/mol. The Hall–Kier alpha value is -5.08. The molecule has 0 atom stereocenters. The van der Waals surface area contributed by atoms with E-state index in [2.05, 4.69) is 0 Å². The van der Waals surface area contributed by atoms with Gasteiger partial charge in [-0.1, -0.05) is 38.1 Å². The Bertz CT molecular complexity index is 1780. The lowest BCUT2D eigenvalue weighted by atomic mass is 9.73. The van der Waals surface area contributed by atoms with Gasteiger partial charge in [0, 0.05) is 0 Å². The quantitative estimate of drug-likeness (QED) is 0.0713. The largest absolute Gasteiger partial charge is 0.493 e. The smallest absolute Gasteiger partial charge is 0.411 e. The number of benzene rings is 4. The van der Waals surface area contributed by atoms with E-state index in [1.54, 1.807) is 24.3 Å². The molecule has 4 aromatic rings. The third-order valence-electron chi connectivity index (χ3n) is 10.2. The third-order valence-corrected chi connectivity index (χ3v) is 10.2.